The number of anilines is 6. The number of H-pyrrole nitrogens is 6. The van der Waals surface area contributed by atoms with Crippen LogP contribution in [0, 0.1) is 74.9 Å². The van der Waals surface area contributed by atoms with E-state index in [2.05, 4.69) is 119 Å². The Balaban J connectivity index is 0.000000180. The van der Waals surface area contributed by atoms with Crippen LogP contribution in [-0.4, -0.2) is 350 Å². The summed E-state index contributed by atoms with van der Waals surface area (Å²) < 4.78 is 376. The van der Waals surface area contributed by atoms with Crippen molar-refractivity contribution in [3.8, 4) is 0 Å². The topological polar surface area (TPSA) is 417 Å². The Kier molecular flexibility index (Phi) is 18.4. The van der Waals surface area contributed by atoms with E-state index in [0.717, 1.165) is 49.0 Å². The van der Waals surface area contributed by atoms with Gasteiger partial charge in [-0.15, -0.1) is 0 Å². The zero-order valence-electron chi connectivity index (χ0n) is 121. The van der Waals surface area contributed by atoms with Gasteiger partial charge in [-0.05, 0) is 110 Å². The third-order valence-electron chi connectivity index (χ3n) is 23.5. The first-order valence-electron chi connectivity index (χ1n) is 65.6. The molecule has 18 heterocycles. The number of piperidine rings is 6. The third-order valence-corrected chi connectivity index (χ3v) is 23.5. The standard InChI is InChI=1S/6C16H20N6O/c6*1-11-5-7-22(14(23)8-17-2)9-13(11)21(3)16-12-4-6-18-15(12)19-10-20-16/h6*4,6,10-11,13H,5,7-9H2,1,3H3,(H,18,19,20)/t6*11-,13+/m111111/s1/i1D3,8D2,10D,11D,13D;1D3,3D3,8D2,10D,11D;3D3,8D2,10D,13D;3D3,8D2,10D,11D;1D3,3D3,8D2,10D;3D3,8D2,10D. The molecule has 18 rings (SSSR count). The number of aromatic nitrogens is 18. The lowest BCUT2D eigenvalue weighted by molar-refractivity contribution is -0.131. The molecule has 42 heteroatoms. The molecule has 6 amide bonds. The largest absolute Gasteiger partial charge is 0.354 e. The maximum absolute atomic E-state index is 12.6. The van der Waals surface area contributed by atoms with Gasteiger partial charge in [0, 0.05) is 195 Å². The Morgan fingerprint density at radius 3 is 0.884 bits per heavy atom. The average Bonchev–Trinajstić information content (AvgIpc) is 1.70. The number of carbonyl (C=O) groups is 6. The number of nitrogens with one attached hydrogen (secondary N) is 6. The molecule has 0 aliphatic carbocycles. The third kappa shape index (κ3) is 23.1. The Morgan fingerprint density at radius 2 is 0.572 bits per heavy atom. The Morgan fingerprint density at radius 1 is 0.326 bits per heavy atom. The summed E-state index contributed by atoms with van der Waals surface area (Å²) in [4.78, 5) is 167. The van der Waals surface area contributed by atoms with Crippen LogP contribution in [0.1, 0.15) is 144 Å². The van der Waals surface area contributed by atoms with Gasteiger partial charge >= 0.3 is 35.4 Å². The van der Waals surface area contributed by atoms with Crippen molar-refractivity contribution in [2.75, 3.05) is 189 Å². The number of hydrogen-bond acceptors (Lipinski definition) is 24. The van der Waals surface area contributed by atoms with E-state index in [9.17, 15) is 28.8 Å². The molecule has 6 N–H and O–H groups in total. The van der Waals surface area contributed by atoms with Crippen LogP contribution in [-0.2, 0) is 28.8 Å². The minimum Gasteiger partial charge on any atom is -0.354 e. The van der Waals surface area contributed by atoms with Crippen molar-refractivity contribution in [1.29, 1.82) is 0 Å². The second-order valence-electron chi connectivity index (χ2n) is 31.6. The number of hydrogen-bond donors (Lipinski definition) is 6. The number of rotatable bonds is 18. The maximum atomic E-state index is 12.6. The Labute approximate surface area is 867 Å². The summed E-state index contributed by atoms with van der Waals surface area (Å²) in [5.41, 5.74) is 1.42. The lowest BCUT2D eigenvalue weighted by Gasteiger charge is -2.41. The molecule has 0 unspecified atom stereocenters. The van der Waals surface area contributed by atoms with Crippen LogP contribution in [0.4, 0.5) is 34.9 Å². The predicted molar refractivity (Wildman–Crippen MR) is 527 cm³/mol. The fourth-order valence-corrected chi connectivity index (χ4v) is 15.9. The van der Waals surface area contributed by atoms with Gasteiger partial charge < -0.3 is 118 Å². The van der Waals surface area contributed by atoms with E-state index >= 15 is 0 Å². The Bertz CT molecular complexity index is 8780. The van der Waals surface area contributed by atoms with E-state index in [0.29, 0.717) is 38.5 Å². The van der Waals surface area contributed by atoms with Gasteiger partial charge in [0.15, 0.2) is 0 Å². The zero-order chi connectivity index (χ0) is 139. The second-order valence-corrected chi connectivity index (χ2v) is 31.6. The monoisotopic (exact) mass is 1920 g/mol. The minimum absolute atomic E-state index is 0.0201. The van der Waals surface area contributed by atoms with Gasteiger partial charge in [0.2, 0.25) is 0 Å². The highest BCUT2D eigenvalue weighted by molar-refractivity contribution is 5.93. The summed E-state index contributed by atoms with van der Waals surface area (Å²) in [7, 11) is 1.34. The predicted octanol–water partition coefficient (Wildman–Crippen LogP) is 9.30. The van der Waals surface area contributed by atoms with Crippen LogP contribution in [0.2, 0.25) is 0 Å². The molecule has 6 aliphatic rings. The Hall–Kier alpha value is -15.7. The molecule has 12 aromatic heterocycles. The average molecular weight is 1920 g/mol. The molecule has 6 fully saturated rings. The van der Waals surface area contributed by atoms with Crippen molar-refractivity contribution in [2.45, 2.75) is 116 Å². The van der Waals surface area contributed by atoms with E-state index in [-0.39, 0.29) is 158 Å². The highest BCUT2D eigenvalue weighted by Crippen LogP contribution is 2.37. The molecule has 12 aromatic rings. The van der Waals surface area contributed by atoms with Gasteiger partial charge in [-0.25, -0.2) is 99.2 Å². The molecule has 6 saturated heterocycles. The van der Waals surface area contributed by atoms with Crippen molar-refractivity contribution >= 4 is 137 Å². The molecule has 12 atom stereocenters. The molecule has 0 radical (unpaired) electrons. The molecule has 42 nitrogen and oxygen atoms in total. The van der Waals surface area contributed by atoms with E-state index in [1.807, 2.05) is 6.92 Å². The highest BCUT2D eigenvalue weighted by Gasteiger charge is 2.41. The SMILES string of the molecule is [2H]c1nc(N(C([2H])([2H])[2H])[C@@]2([2H])CN(C(=O)C([2H])([2H])[N+]#[C-])CC[C@H]2C)c2cc[nH]c2n1.[2H]c1nc(N(C)[C@@]2([2H])CN(C(=O)C([2H])([2H])[N+]#[C-])CC[C@@]2([2H])C([2H])([2H])[2H])c2cc[nH]c2n1.[2H]c1nc(N([C@H]2CN(C(=O)C([2H])([2H])[N+]#[C-])CC[C@@]2([2H])C([2H])([2H])[2H])C([2H])([2H])[2H])c2cc[nH]c2n1.[2H]c1nc(N([C@H]2CN(C(=O)C([2H])([2H])[N+]#[C-])CC[C@@]2([2H])C)C([2H])([2H])[2H])c2cc[nH]c2n1.[2H]c1nc(N([C@H]2CN(C(=O)C([2H])([2H])[N+]#[C-])CC[C@H]2C([2H])([2H])[2H])C([2H])([2H])[2H])c2cc[nH]c2n1.[2H]c1nc(N([C@H]2CN(C(=O)C([2H])([2H])[N+]#[C-])CC[C@H]2C)C([2H])([2H])[2H])c2cc[nH]c2n1. The van der Waals surface area contributed by atoms with Crippen LogP contribution >= 0.6 is 0 Å². The number of nitrogens with zero attached hydrogens (tertiary/aromatic N) is 30. The summed E-state index contributed by atoms with van der Waals surface area (Å²) in [6.07, 6.45) is 6.09. The summed E-state index contributed by atoms with van der Waals surface area (Å²) in [5, 5.41) is 1.89. The summed E-state index contributed by atoms with van der Waals surface area (Å²) in [5.74, 6) is -15.4. The summed E-state index contributed by atoms with van der Waals surface area (Å²) in [6.45, 7) is 3.94. The van der Waals surface area contributed by atoms with E-state index in [1.165, 1.54) is 55.1 Å². The molecule has 0 saturated carbocycles. The lowest BCUT2D eigenvalue weighted by Crippen LogP contribution is -2.53. The molecule has 720 valence electrons. The van der Waals surface area contributed by atoms with Crippen LogP contribution in [0.3, 0.4) is 0 Å². The summed E-state index contributed by atoms with van der Waals surface area (Å²) >= 11 is 0. The quantitative estimate of drug-likeness (QED) is 0.0435. The second kappa shape index (κ2) is 46.5. The van der Waals surface area contributed by atoms with E-state index < -0.39 is 266 Å². The molecular formula is C96H120N36O6. The van der Waals surface area contributed by atoms with Crippen LogP contribution in [0.5, 0.6) is 0 Å². The van der Waals surface area contributed by atoms with Crippen molar-refractivity contribution in [3.05, 3.63) is 180 Å². The van der Waals surface area contributed by atoms with Gasteiger partial charge in [0.05, 0.1) is 71.3 Å². The molecule has 0 spiro atoms. The first-order chi connectivity index (χ1) is 84.9. The van der Waals surface area contributed by atoms with Gasteiger partial charge in [-0.1, -0.05) is 41.3 Å². The van der Waals surface area contributed by atoms with Crippen LogP contribution in [0.15, 0.2) is 111 Å². The van der Waals surface area contributed by atoms with Crippen molar-refractivity contribution in [1.82, 2.24) is 119 Å². The molecule has 138 heavy (non-hydrogen) atoms. The van der Waals surface area contributed by atoms with Crippen LogP contribution in [0.25, 0.3) is 95.3 Å². The molecule has 0 aromatic carbocycles. The fraction of sp³-hybridized carbons (Fsp3) is 0.500. The smallest absolute Gasteiger partial charge is 0.302 e. The van der Waals surface area contributed by atoms with Gasteiger partial charge in [-0.2, -0.15) is 0 Å². The number of likely N-dealkylation sites (tertiary alicyclic amines) is 6. The first kappa shape index (κ1) is 54.7. The highest BCUT2D eigenvalue weighted by atomic mass is 16.2. The number of likely N-dealkylation sites (N-methyl/N-ethyl adjacent to an activating group) is 6. The minimum atomic E-state index is -3.06. The normalized spacial score (nSPS) is 30.2. The number of fused-ring (bicyclic) bond motifs is 6. The van der Waals surface area contributed by atoms with Gasteiger partial charge in [-0.3, -0.25) is 28.8 Å². The molecule has 6 aliphatic heterocycles. The zero-order valence-corrected chi connectivity index (χ0v) is 74.1. The molecular weight excluding hydrogens is 1750 g/mol. The van der Waals surface area contributed by atoms with E-state index in [1.54, 1.807) is 44.3 Å². The van der Waals surface area contributed by atoms with Gasteiger partial charge in [0.25, 0.3) is 39.0 Å². The summed E-state index contributed by atoms with van der Waals surface area (Å²) in [6, 6.07) is 0.177. The van der Waals surface area contributed by atoms with Gasteiger partial charge in [0.1, 0.15) is 131 Å². The van der Waals surface area contributed by atoms with Crippen molar-refractivity contribution in [3.63, 3.8) is 0 Å². The number of carbonyl (C=O) groups excluding carboxylic acids is 6. The van der Waals surface area contributed by atoms with E-state index in [4.69, 9.17) is 104 Å². The van der Waals surface area contributed by atoms with Crippen LogP contribution < -0.4 is 29.4 Å². The maximum Gasteiger partial charge on any atom is 0.302 e. The molecule has 0 bridgehead atoms. The van der Waals surface area contributed by atoms with Crippen molar-refractivity contribution in [2.24, 2.45) is 35.4 Å². The number of amides is 6. The first-order valence-corrected chi connectivity index (χ1v) is 42.1. The van der Waals surface area contributed by atoms with Crippen molar-refractivity contribution < 1.29 is 93.2 Å². The lowest BCUT2D eigenvalue weighted by atomic mass is 9.92. The fourth-order valence-electron chi connectivity index (χ4n) is 15.9. The number of aromatic amines is 6.